The Balaban J connectivity index is 1.28. The van der Waals surface area contributed by atoms with Crippen LogP contribution in [0.3, 0.4) is 0 Å². The van der Waals surface area contributed by atoms with Crippen molar-refractivity contribution in [3.8, 4) is 11.5 Å². The molecule has 270 valence electrons. The SMILES string of the molecule is CCNP(=O)(OCC1OC(n2ccc(N)nc2=O)C(F)(F)C1O)OC(C)c1ccc([N+](=O)[O-])c(Oc2ccc(C(=O)N3CCCCC3)cc2)c1. The van der Waals surface area contributed by atoms with Crippen LogP contribution >= 0.6 is 7.75 Å². The van der Waals surface area contributed by atoms with Crippen molar-refractivity contribution in [2.75, 3.05) is 32.0 Å². The Labute approximate surface area is 284 Å². The van der Waals surface area contributed by atoms with E-state index in [0.29, 0.717) is 23.2 Å². The average molecular weight is 723 g/mol. The summed E-state index contributed by atoms with van der Waals surface area (Å²) in [6.07, 6.45) is -3.62. The van der Waals surface area contributed by atoms with Crippen molar-refractivity contribution in [3.63, 3.8) is 0 Å². The summed E-state index contributed by atoms with van der Waals surface area (Å²) in [5.41, 5.74) is 4.65. The lowest BCUT2D eigenvalue weighted by Crippen LogP contribution is -2.42. The molecule has 2 aromatic carbocycles. The van der Waals surface area contributed by atoms with Crippen LogP contribution in [0.5, 0.6) is 11.5 Å². The lowest BCUT2D eigenvalue weighted by molar-refractivity contribution is -0.385. The number of carbonyl (C=O) groups is 1. The fourth-order valence-electron chi connectivity index (χ4n) is 5.55. The van der Waals surface area contributed by atoms with Crippen molar-refractivity contribution in [1.82, 2.24) is 19.5 Å². The first-order valence-corrected chi connectivity index (χ1v) is 17.4. The molecule has 50 heavy (non-hydrogen) atoms. The number of piperidine rings is 1. The van der Waals surface area contributed by atoms with E-state index in [1.165, 1.54) is 37.3 Å². The Bertz CT molecular complexity index is 1810. The highest BCUT2D eigenvalue weighted by Crippen LogP contribution is 2.50. The number of halogens is 2. The maximum Gasteiger partial charge on any atom is 0.406 e. The van der Waals surface area contributed by atoms with Gasteiger partial charge in [0.1, 0.15) is 17.7 Å². The van der Waals surface area contributed by atoms with E-state index in [0.717, 1.165) is 31.5 Å². The second-order valence-electron chi connectivity index (χ2n) is 11.7. The number of amides is 1. The number of nitrogens with two attached hydrogens (primary N) is 1. The molecular weight excluding hydrogens is 685 g/mol. The molecule has 0 radical (unpaired) electrons. The maximum absolute atomic E-state index is 15.0. The maximum atomic E-state index is 15.0. The number of likely N-dealkylation sites (tertiary alicyclic amines) is 1. The number of hydrogen-bond donors (Lipinski definition) is 3. The van der Waals surface area contributed by atoms with Gasteiger partial charge in [0.25, 0.3) is 5.91 Å². The van der Waals surface area contributed by atoms with E-state index in [9.17, 15) is 38.2 Å². The zero-order chi connectivity index (χ0) is 36.2. The van der Waals surface area contributed by atoms with Gasteiger partial charge in [0.05, 0.1) is 17.6 Å². The number of benzene rings is 2. The standard InChI is InChI=1S/C31H37F2N6O10P/c1-3-35-50(45,46-18-25-27(40)31(32,33)29(48-25)38-16-13-26(34)36-30(38)42)49-19(2)21-9-12-23(39(43)44)24(17-21)47-22-10-7-20(8-11-22)28(41)37-14-5-4-6-15-37/h7-13,16-17,19,25,27,29,40H,3-6,14-15,18H2,1-2H3,(H,35,45)(H2,34,36,42). The Kier molecular flexibility index (Phi) is 11.3. The van der Waals surface area contributed by atoms with Crippen molar-refractivity contribution < 1.29 is 46.7 Å². The summed E-state index contributed by atoms with van der Waals surface area (Å²) in [5.74, 6) is -4.23. The fourth-order valence-corrected chi connectivity index (χ4v) is 7.04. The topological polar surface area (TPSA) is 211 Å². The number of nitrogens with one attached hydrogen (secondary N) is 1. The number of nitrogens with zero attached hydrogens (tertiary/aromatic N) is 4. The van der Waals surface area contributed by atoms with E-state index in [1.807, 2.05) is 0 Å². The number of aromatic nitrogens is 2. The van der Waals surface area contributed by atoms with Crippen LogP contribution < -0.4 is 21.2 Å². The quantitative estimate of drug-likeness (QED) is 0.126. The highest BCUT2D eigenvalue weighted by Gasteiger charge is 2.60. The van der Waals surface area contributed by atoms with Crippen LogP contribution in [-0.2, 0) is 18.3 Å². The van der Waals surface area contributed by atoms with Gasteiger partial charge < -0.3 is 25.2 Å². The first-order valence-electron chi connectivity index (χ1n) is 15.8. The zero-order valence-corrected chi connectivity index (χ0v) is 28.0. The van der Waals surface area contributed by atoms with Gasteiger partial charge in [-0.25, -0.2) is 14.4 Å². The van der Waals surface area contributed by atoms with E-state index in [-0.39, 0.29) is 41.0 Å². The number of aliphatic hydroxyl groups is 1. The minimum atomic E-state index is -4.30. The van der Waals surface area contributed by atoms with Crippen molar-refractivity contribution in [1.29, 1.82) is 0 Å². The molecular formula is C31H37F2N6O10P. The molecule has 0 aliphatic carbocycles. The molecule has 5 atom stereocenters. The summed E-state index contributed by atoms with van der Waals surface area (Å²) in [5, 5.41) is 24.7. The smallest absolute Gasteiger partial charge is 0.406 e. The molecule has 2 aliphatic heterocycles. The van der Waals surface area contributed by atoms with Gasteiger partial charge in [-0.2, -0.15) is 13.8 Å². The first kappa shape index (κ1) is 36.9. The van der Waals surface area contributed by atoms with Gasteiger partial charge in [-0.1, -0.05) is 6.92 Å². The van der Waals surface area contributed by atoms with Crippen LogP contribution in [0.25, 0.3) is 0 Å². The van der Waals surface area contributed by atoms with Crippen molar-refractivity contribution in [2.45, 2.75) is 63.6 Å². The highest BCUT2D eigenvalue weighted by atomic mass is 31.2. The van der Waals surface area contributed by atoms with E-state index in [4.69, 9.17) is 24.3 Å². The van der Waals surface area contributed by atoms with Gasteiger partial charge in [-0.15, -0.1) is 0 Å². The molecule has 2 fully saturated rings. The van der Waals surface area contributed by atoms with Crippen molar-refractivity contribution >= 4 is 25.2 Å². The lowest BCUT2D eigenvalue weighted by Gasteiger charge is -2.26. The largest absolute Gasteiger partial charge is 0.450 e. The second-order valence-corrected chi connectivity index (χ2v) is 13.5. The Morgan fingerprint density at radius 1 is 1.22 bits per heavy atom. The zero-order valence-electron chi connectivity index (χ0n) is 27.1. The molecule has 2 saturated heterocycles. The third-order valence-corrected chi connectivity index (χ3v) is 9.95. The monoisotopic (exact) mass is 722 g/mol. The average Bonchev–Trinajstić information content (AvgIpc) is 3.31. The fraction of sp³-hybridized carbons (Fsp3) is 0.452. The van der Waals surface area contributed by atoms with Crippen LogP contribution in [0.4, 0.5) is 20.3 Å². The molecule has 3 heterocycles. The Morgan fingerprint density at radius 2 is 1.92 bits per heavy atom. The molecule has 16 nitrogen and oxygen atoms in total. The van der Waals surface area contributed by atoms with Gasteiger partial charge in [-0.05, 0) is 74.2 Å². The van der Waals surface area contributed by atoms with Gasteiger partial charge in [0.15, 0.2) is 6.10 Å². The van der Waals surface area contributed by atoms with Crippen LogP contribution in [0.2, 0.25) is 0 Å². The summed E-state index contributed by atoms with van der Waals surface area (Å²) in [7, 11) is -4.30. The molecule has 3 aromatic rings. The normalized spacial score (nSPS) is 22.1. The number of nitrogen functional groups attached to an aromatic ring is 1. The van der Waals surface area contributed by atoms with Gasteiger partial charge in [0.2, 0.25) is 12.0 Å². The minimum Gasteiger partial charge on any atom is -0.450 e. The summed E-state index contributed by atoms with van der Waals surface area (Å²) in [6, 6.07) is 11.2. The first-order chi connectivity index (χ1) is 23.7. The number of alkyl halides is 2. The van der Waals surface area contributed by atoms with E-state index < -0.39 is 55.4 Å². The molecule has 2 aliphatic rings. The number of rotatable bonds is 13. The van der Waals surface area contributed by atoms with Gasteiger partial charge >= 0.3 is 25.0 Å². The molecule has 5 unspecified atom stereocenters. The molecule has 1 aromatic heterocycles. The summed E-state index contributed by atoms with van der Waals surface area (Å²) >= 11 is 0. The summed E-state index contributed by atoms with van der Waals surface area (Å²) < 4.78 is 66.4. The third-order valence-electron chi connectivity index (χ3n) is 8.16. The van der Waals surface area contributed by atoms with Crippen LogP contribution in [-0.4, -0.2) is 74.8 Å². The second kappa shape index (κ2) is 15.3. The molecule has 0 spiro atoms. The predicted octanol–water partition coefficient (Wildman–Crippen LogP) is 4.56. The molecule has 0 saturated carbocycles. The van der Waals surface area contributed by atoms with Crippen LogP contribution in [0, 0.1) is 10.1 Å². The van der Waals surface area contributed by atoms with Gasteiger partial charge in [-0.3, -0.25) is 28.5 Å². The number of anilines is 1. The molecule has 5 rings (SSSR count). The highest BCUT2D eigenvalue weighted by molar-refractivity contribution is 7.51. The number of hydrogen-bond acceptors (Lipinski definition) is 12. The summed E-state index contributed by atoms with van der Waals surface area (Å²) in [4.78, 5) is 41.3. The molecule has 0 bridgehead atoms. The number of aliphatic hydroxyl groups excluding tert-OH is 1. The minimum absolute atomic E-state index is 0.0498. The van der Waals surface area contributed by atoms with Crippen LogP contribution in [0.1, 0.15) is 61.4 Å². The predicted molar refractivity (Wildman–Crippen MR) is 174 cm³/mol. The Morgan fingerprint density at radius 3 is 2.56 bits per heavy atom. The lowest BCUT2D eigenvalue weighted by atomic mass is 10.1. The molecule has 19 heteroatoms. The number of nitro groups is 1. The number of ether oxygens (including phenoxy) is 2. The Hall–Kier alpha value is -4.32. The number of carbonyl (C=O) groups excluding carboxylic acids is 1. The van der Waals surface area contributed by atoms with Crippen molar-refractivity contribution in [3.05, 3.63) is 86.5 Å². The van der Waals surface area contributed by atoms with Gasteiger partial charge in [0, 0.05) is 37.5 Å². The molecule has 4 N–H and O–H groups in total. The summed E-state index contributed by atoms with van der Waals surface area (Å²) in [6.45, 7) is 3.63. The third kappa shape index (κ3) is 8.17. The molecule has 1 amide bonds. The van der Waals surface area contributed by atoms with Crippen molar-refractivity contribution in [2.24, 2.45) is 0 Å². The van der Waals surface area contributed by atoms with E-state index in [2.05, 4.69) is 10.1 Å². The number of nitro benzene ring substituents is 1. The van der Waals surface area contributed by atoms with E-state index in [1.54, 1.807) is 24.0 Å². The van der Waals surface area contributed by atoms with Crippen LogP contribution in [0.15, 0.2) is 59.5 Å². The van der Waals surface area contributed by atoms with E-state index >= 15 is 0 Å².